The van der Waals surface area contributed by atoms with Crippen LogP contribution in [0.25, 0.3) is 0 Å². The van der Waals surface area contributed by atoms with Gasteiger partial charge in [0.15, 0.2) is 0 Å². The van der Waals surface area contributed by atoms with Gasteiger partial charge < -0.3 is 10.4 Å². The average molecular weight is 173 g/mol. The summed E-state index contributed by atoms with van der Waals surface area (Å²) in [7, 11) is 0. The predicted octanol–water partition coefficient (Wildman–Crippen LogP) is 1.78. The van der Waals surface area contributed by atoms with Crippen molar-refractivity contribution in [2.75, 3.05) is 13.2 Å². The van der Waals surface area contributed by atoms with Crippen LogP contribution in [-0.4, -0.2) is 24.3 Å². The molecule has 0 saturated heterocycles. The van der Waals surface area contributed by atoms with Crippen molar-refractivity contribution in [3.63, 3.8) is 0 Å². The Hall–Kier alpha value is -0.0800. The lowest BCUT2D eigenvalue weighted by Gasteiger charge is -2.32. The molecular weight excluding hydrogens is 150 g/mol. The first-order valence-electron chi connectivity index (χ1n) is 5.22. The third kappa shape index (κ3) is 3.55. The van der Waals surface area contributed by atoms with Gasteiger partial charge in [-0.2, -0.15) is 0 Å². The summed E-state index contributed by atoms with van der Waals surface area (Å²) in [6.07, 6.45) is 3.96. The van der Waals surface area contributed by atoms with Crippen LogP contribution in [0.2, 0.25) is 0 Å². The molecule has 0 bridgehead atoms. The van der Waals surface area contributed by atoms with Gasteiger partial charge in [-0.1, -0.05) is 27.2 Å². The van der Waals surface area contributed by atoms with E-state index in [0.29, 0.717) is 12.6 Å². The summed E-state index contributed by atoms with van der Waals surface area (Å²) >= 11 is 0. The van der Waals surface area contributed by atoms with Crippen molar-refractivity contribution < 1.29 is 5.11 Å². The molecule has 0 amide bonds. The highest BCUT2D eigenvalue weighted by Crippen LogP contribution is 2.29. The van der Waals surface area contributed by atoms with E-state index in [9.17, 15) is 0 Å². The predicted molar refractivity (Wildman–Crippen MR) is 53.2 cm³/mol. The molecule has 2 heteroatoms. The molecule has 1 fully saturated rings. The summed E-state index contributed by atoms with van der Waals surface area (Å²) in [6, 6.07) is 0.374. The van der Waals surface area contributed by atoms with Crippen molar-refractivity contribution in [2.45, 2.75) is 46.1 Å². The molecule has 0 aromatic rings. The third-order valence-electron chi connectivity index (χ3n) is 2.38. The van der Waals surface area contributed by atoms with E-state index < -0.39 is 0 Å². The normalized spacial score (nSPS) is 19.0. The van der Waals surface area contributed by atoms with Crippen molar-refractivity contribution in [1.82, 2.24) is 5.32 Å². The van der Waals surface area contributed by atoms with E-state index in [1.807, 2.05) is 13.8 Å². The SMILES string of the molecule is CC.CCNC(CO)C1CCC1. The van der Waals surface area contributed by atoms with Crippen LogP contribution in [-0.2, 0) is 0 Å². The fourth-order valence-electron chi connectivity index (χ4n) is 1.48. The fraction of sp³-hybridized carbons (Fsp3) is 1.00. The van der Waals surface area contributed by atoms with Gasteiger partial charge in [0, 0.05) is 6.04 Å². The molecule has 1 aliphatic carbocycles. The van der Waals surface area contributed by atoms with Gasteiger partial charge in [-0.05, 0) is 25.3 Å². The van der Waals surface area contributed by atoms with E-state index in [1.165, 1.54) is 19.3 Å². The van der Waals surface area contributed by atoms with Gasteiger partial charge >= 0.3 is 0 Å². The number of hydrogen-bond acceptors (Lipinski definition) is 2. The van der Waals surface area contributed by atoms with Gasteiger partial charge in [0.1, 0.15) is 0 Å². The Morgan fingerprint density at radius 2 is 2.00 bits per heavy atom. The zero-order valence-corrected chi connectivity index (χ0v) is 8.64. The molecule has 0 radical (unpaired) electrons. The second-order valence-corrected chi connectivity index (χ2v) is 3.04. The summed E-state index contributed by atoms with van der Waals surface area (Å²) in [4.78, 5) is 0. The first kappa shape index (κ1) is 11.9. The monoisotopic (exact) mass is 173 g/mol. The Morgan fingerprint density at radius 1 is 1.42 bits per heavy atom. The van der Waals surface area contributed by atoms with Crippen LogP contribution >= 0.6 is 0 Å². The molecule has 1 saturated carbocycles. The second-order valence-electron chi connectivity index (χ2n) is 3.04. The zero-order valence-electron chi connectivity index (χ0n) is 8.64. The standard InChI is InChI=1S/C8H17NO.C2H6/c1-2-9-8(6-10)7-4-3-5-7;1-2/h7-10H,2-6H2,1H3;1-2H3. The Morgan fingerprint density at radius 3 is 2.25 bits per heavy atom. The molecule has 1 rings (SSSR count). The largest absolute Gasteiger partial charge is 0.395 e. The summed E-state index contributed by atoms with van der Waals surface area (Å²) < 4.78 is 0. The first-order chi connectivity index (χ1) is 5.88. The summed E-state index contributed by atoms with van der Waals surface area (Å²) in [5.74, 6) is 0.755. The zero-order chi connectivity index (χ0) is 9.40. The lowest BCUT2D eigenvalue weighted by molar-refractivity contribution is 0.151. The molecule has 1 unspecified atom stereocenters. The molecule has 1 aliphatic rings. The van der Waals surface area contributed by atoms with Crippen LogP contribution in [0.1, 0.15) is 40.0 Å². The Labute approximate surface area is 76.4 Å². The maximum Gasteiger partial charge on any atom is 0.0587 e. The van der Waals surface area contributed by atoms with Crippen LogP contribution < -0.4 is 5.32 Å². The molecular formula is C10H23NO. The molecule has 0 heterocycles. The first-order valence-corrected chi connectivity index (χ1v) is 5.22. The molecule has 12 heavy (non-hydrogen) atoms. The van der Waals surface area contributed by atoms with E-state index in [1.54, 1.807) is 0 Å². The number of aliphatic hydroxyl groups is 1. The highest BCUT2D eigenvalue weighted by Gasteiger charge is 2.25. The van der Waals surface area contributed by atoms with Gasteiger partial charge in [-0.25, -0.2) is 0 Å². The smallest absolute Gasteiger partial charge is 0.0587 e. The minimum atomic E-state index is 0.304. The molecule has 74 valence electrons. The van der Waals surface area contributed by atoms with Gasteiger partial charge in [-0.3, -0.25) is 0 Å². The van der Waals surface area contributed by atoms with Crippen LogP contribution in [0.5, 0.6) is 0 Å². The maximum absolute atomic E-state index is 8.93. The summed E-state index contributed by atoms with van der Waals surface area (Å²) in [6.45, 7) is 7.36. The third-order valence-corrected chi connectivity index (χ3v) is 2.38. The molecule has 1 atom stereocenters. The summed E-state index contributed by atoms with van der Waals surface area (Å²) in [5, 5.41) is 12.2. The lowest BCUT2D eigenvalue weighted by atomic mass is 9.80. The number of nitrogens with one attached hydrogen (secondary N) is 1. The summed E-state index contributed by atoms with van der Waals surface area (Å²) in [5.41, 5.74) is 0. The van der Waals surface area contributed by atoms with Gasteiger partial charge in [-0.15, -0.1) is 0 Å². The number of hydrogen-bond donors (Lipinski definition) is 2. The molecule has 2 N–H and O–H groups in total. The van der Waals surface area contributed by atoms with Crippen molar-refractivity contribution >= 4 is 0 Å². The molecule has 0 aliphatic heterocycles. The van der Waals surface area contributed by atoms with Crippen molar-refractivity contribution in [3.8, 4) is 0 Å². The Balaban J connectivity index is 0.000000561. The van der Waals surface area contributed by atoms with Crippen molar-refractivity contribution in [2.24, 2.45) is 5.92 Å². The number of likely N-dealkylation sites (N-methyl/N-ethyl adjacent to an activating group) is 1. The van der Waals surface area contributed by atoms with Crippen molar-refractivity contribution in [3.05, 3.63) is 0 Å². The topological polar surface area (TPSA) is 32.3 Å². The maximum atomic E-state index is 8.93. The van der Waals surface area contributed by atoms with E-state index >= 15 is 0 Å². The van der Waals surface area contributed by atoms with Crippen LogP contribution in [0.15, 0.2) is 0 Å². The number of aliphatic hydroxyl groups excluding tert-OH is 1. The Bertz CT molecular complexity index is 91.8. The van der Waals surface area contributed by atoms with Crippen LogP contribution in [0.4, 0.5) is 0 Å². The van der Waals surface area contributed by atoms with E-state index in [0.717, 1.165) is 12.5 Å². The average Bonchev–Trinajstić information content (AvgIpc) is 2.04. The van der Waals surface area contributed by atoms with E-state index in [4.69, 9.17) is 5.11 Å². The van der Waals surface area contributed by atoms with Gasteiger partial charge in [0.05, 0.1) is 6.61 Å². The molecule has 0 spiro atoms. The molecule has 0 aromatic carbocycles. The molecule has 0 aromatic heterocycles. The number of rotatable bonds is 4. The highest BCUT2D eigenvalue weighted by molar-refractivity contribution is 4.81. The quantitative estimate of drug-likeness (QED) is 0.679. The van der Waals surface area contributed by atoms with Gasteiger partial charge in [0.25, 0.3) is 0 Å². The van der Waals surface area contributed by atoms with E-state index in [2.05, 4.69) is 12.2 Å². The fourth-order valence-corrected chi connectivity index (χ4v) is 1.48. The van der Waals surface area contributed by atoms with Crippen LogP contribution in [0, 0.1) is 5.92 Å². The van der Waals surface area contributed by atoms with E-state index in [-0.39, 0.29) is 0 Å². The lowest BCUT2D eigenvalue weighted by Crippen LogP contribution is -2.42. The minimum Gasteiger partial charge on any atom is -0.395 e. The minimum absolute atomic E-state index is 0.304. The highest BCUT2D eigenvalue weighted by atomic mass is 16.3. The van der Waals surface area contributed by atoms with Crippen LogP contribution in [0.3, 0.4) is 0 Å². The second kappa shape index (κ2) is 7.56. The Kier molecular flexibility index (Phi) is 7.51. The van der Waals surface area contributed by atoms with Crippen molar-refractivity contribution in [1.29, 1.82) is 0 Å². The molecule has 2 nitrogen and oxygen atoms in total. The van der Waals surface area contributed by atoms with Gasteiger partial charge in [0.2, 0.25) is 0 Å².